The molecule has 0 unspecified atom stereocenters. The molecule has 3 N–H and O–H groups in total. The van der Waals surface area contributed by atoms with Crippen molar-refractivity contribution in [3.63, 3.8) is 0 Å². The topological polar surface area (TPSA) is 100 Å². The van der Waals surface area contributed by atoms with Crippen LogP contribution in [0.3, 0.4) is 0 Å². The third-order valence-electron chi connectivity index (χ3n) is 4.37. The molecule has 1 aliphatic carbocycles. The minimum atomic E-state index is -0.715. The quantitative estimate of drug-likeness (QED) is 0.690. The predicted molar refractivity (Wildman–Crippen MR) is 99.4 cm³/mol. The van der Waals surface area contributed by atoms with E-state index in [1.807, 2.05) is 0 Å². The molecule has 27 heavy (non-hydrogen) atoms. The molecule has 2 amide bonds. The van der Waals surface area contributed by atoms with Gasteiger partial charge in [0.05, 0.1) is 22.3 Å². The molecule has 1 aliphatic rings. The minimum absolute atomic E-state index is 0.0673. The fourth-order valence-corrected chi connectivity index (χ4v) is 2.77. The first-order valence-corrected chi connectivity index (χ1v) is 8.79. The lowest BCUT2D eigenvalue weighted by atomic mass is 10.0. The van der Waals surface area contributed by atoms with Crippen molar-refractivity contribution in [2.24, 2.45) is 0 Å². The smallest absolute Gasteiger partial charge is 0.255 e. The van der Waals surface area contributed by atoms with Gasteiger partial charge < -0.3 is 16.0 Å². The normalized spacial score (nSPS) is 13.3. The Morgan fingerprint density at radius 2 is 1.93 bits per heavy atom. The molecule has 0 radical (unpaired) electrons. The van der Waals surface area contributed by atoms with Crippen molar-refractivity contribution >= 4 is 34.2 Å². The third-order valence-corrected chi connectivity index (χ3v) is 4.37. The van der Waals surface area contributed by atoms with E-state index in [4.69, 9.17) is 0 Å². The van der Waals surface area contributed by atoms with E-state index in [-0.39, 0.29) is 36.3 Å². The average Bonchev–Trinajstić information content (AvgIpc) is 3.43. The van der Waals surface area contributed by atoms with E-state index < -0.39 is 11.7 Å². The number of hydrogen-bond donors (Lipinski definition) is 3. The Balaban J connectivity index is 1.96. The second-order valence-electron chi connectivity index (χ2n) is 6.60. The van der Waals surface area contributed by atoms with Crippen LogP contribution in [-0.4, -0.2) is 42.2 Å². The molecule has 1 aromatic carbocycles. The highest BCUT2D eigenvalue weighted by molar-refractivity contribution is 6.09. The lowest BCUT2D eigenvalue weighted by Crippen LogP contribution is -2.27. The van der Waals surface area contributed by atoms with Gasteiger partial charge in [0, 0.05) is 43.7 Å². The van der Waals surface area contributed by atoms with E-state index in [9.17, 15) is 18.8 Å². The Bertz CT molecular complexity index is 925. The third kappa shape index (κ3) is 4.21. The van der Waals surface area contributed by atoms with Crippen molar-refractivity contribution in [1.82, 2.24) is 15.6 Å². The fourth-order valence-electron chi connectivity index (χ4n) is 2.77. The van der Waals surface area contributed by atoms with Crippen LogP contribution in [0, 0.1) is 5.82 Å². The standard InChI is InChI=1S/C19H21FN4O3/c1-10(25)5-6-22-18(26)12-7-13-16(8-15(12)20)23-9-14(17(13)21-2)19(27)24-11-3-4-11/h7-9,11H,3-6H2,1-2H3,(H,21,23)(H,22,26)(H,24,27). The number of carbonyl (C=O) groups excluding carboxylic acids is 3. The highest BCUT2D eigenvalue weighted by Crippen LogP contribution is 2.29. The first-order chi connectivity index (χ1) is 12.9. The highest BCUT2D eigenvalue weighted by atomic mass is 19.1. The number of nitrogens with zero attached hydrogens (tertiary/aromatic N) is 1. The molecule has 1 saturated carbocycles. The second-order valence-corrected chi connectivity index (χ2v) is 6.60. The number of amides is 2. The van der Waals surface area contributed by atoms with Crippen molar-refractivity contribution in [2.45, 2.75) is 32.2 Å². The zero-order valence-electron chi connectivity index (χ0n) is 15.2. The van der Waals surface area contributed by atoms with Crippen LogP contribution in [0.5, 0.6) is 0 Å². The summed E-state index contributed by atoms with van der Waals surface area (Å²) in [5.74, 6) is -1.66. The van der Waals surface area contributed by atoms with Crippen LogP contribution in [0.1, 0.15) is 46.9 Å². The van der Waals surface area contributed by atoms with Crippen molar-refractivity contribution < 1.29 is 18.8 Å². The number of hydrogen-bond acceptors (Lipinski definition) is 5. The number of benzene rings is 1. The van der Waals surface area contributed by atoms with Gasteiger partial charge >= 0.3 is 0 Å². The first kappa shape index (κ1) is 18.8. The SMILES string of the molecule is CNc1c(C(=O)NC2CC2)cnc2cc(F)c(C(=O)NCCC(C)=O)cc12. The van der Waals surface area contributed by atoms with Gasteiger partial charge in [0.15, 0.2) is 0 Å². The molecule has 142 valence electrons. The van der Waals surface area contributed by atoms with Crippen LogP contribution in [0.4, 0.5) is 10.1 Å². The molecule has 3 rings (SSSR count). The van der Waals surface area contributed by atoms with Gasteiger partial charge in [-0.15, -0.1) is 0 Å². The van der Waals surface area contributed by atoms with Crippen LogP contribution in [0.2, 0.25) is 0 Å². The molecule has 0 saturated heterocycles. The van der Waals surface area contributed by atoms with Gasteiger partial charge in [0.1, 0.15) is 11.6 Å². The molecule has 8 heteroatoms. The number of halogens is 1. The summed E-state index contributed by atoms with van der Waals surface area (Å²) < 4.78 is 14.4. The van der Waals surface area contributed by atoms with Crippen molar-refractivity contribution in [1.29, 1.82) is 0 Å². The number of anilines is 1. The van der Waals surface area contributed by atoms with E-state index in [1.54, 1.807) is 7.05 Å². The predicted octanol–water partition coefficient (Wildman–Crippen LogP) is 2.02. The summed E-state index contributed by atoms with van der Waals surface area (Å²) in [5.41, 5.74) is 0.992. The van der Waals surface area contributed by atoms with Gasteiger partial charge in [-0.3, -0.25) is 19.4 Å². The maximum Gasteiger partial charge on any atom is 0.255 e. The van der Waals surface area contributed by atoms with Crippen LogP contribution < -0.4 is 16.0 Å². The maximum absolute atomic E-state index is 14.4. The van der Waals surface area contributed by atoms with Gasteiger partial charge in [-0.25, -0.2) is 4.39 Å². The Morgan fingerprint density at radius 1 is 1.19 bits per heavy atom. The molecule has 0 atom stereocenters. The monoisotopic (exact) mass is 372 g/mol. The molecular formula is C19H21FN4O3. The number of rotatable bonds is 7. The summed E-state index contributed by atoms with van der Waals surface area (Å²) in [7, 11) is 1.65. The lowest BCUT2D eigenvalue weighted by Gasteiger charge is -2.13. The second kappa shape index (κ2) is 7.69. The Morgan fingerprint density at radius 3 is 2.56 bits per heavy atom. The number of fused-ring (bicyclic) bond motifs is 1. The van der Waals surface area contributed by atoms with E-state index in [0.717, 1.165) is 12.8 Å². The summed E-state index contributed by atoms with van der Waals surface area (Å²) in [5, 5.41) is 8.85. The van der Waals surface area contributed by atoms with Crippen molar-refractivity contribution in [3.8, 4) is 0 Å². The van der Waals surface area contributed by atoms with Crippen LogP contribution in [0.15, 0.2) is 18.3 Å². The molecular weight excluding hydrogens is 351 g/mol. The van der Waals surface area contributed by atoms with Gasteiger partial charge in [0.2, 0.25) is 0 Å². The number of pyridine rings is 1. The highest BCUT2D eigenvalue weighted by Gasteiger charge is 2.26. The van der Waals surface area contributed by atoms with Gasteiger partial charge in [-0.2, -0.15) is 0 Å². The average molecular weight is 372 g/mol. The largest absolute Gasteiger partial charge is 0.387 e. The molecule has 0 spiro atoms. The maximum atomic E-state index is 14.4. The molecule has 0 aliphatic heterocycles. The molecule has 1 heterocycles. The van der Waals surface area contributed by atoms with Crippen LogP contribution in [0.25, 0.3) is 10.9 Å². The molecule has 2 aromatic rings. The molecule has 0 bridgehead atoms. The zero-order valence-corrected chi connectivity index (χ0v) is 15.2. The van der Waals surface area contributed by atoms with Crippen LogP contribution in [-0.2, 0) is 4.79 Å². The van der Waals surface area contributed by atoms with Gasteiger partial charge in [-0.05, 0) is 25.8 Å². The van der Waals surface area contributed by atoms with Gasteiger partial charge in [0.25, 0.3) is 11.8 Å². The van der Waals surface area contributed by atoms with Crippen molar-refractivity contribution in [3.05, 3.63) is 35.3 Å². The number of carbonyl (C=O) groups is 3. The van der Waals surface area contributed by atoms with E-state index in [0.29, 0.717) is 22.2 Å². The summed E-state index contributed by atoms with van der Waals surface area (Å²) in [6.07, 6.45) is 3.49. The Hall–Kier alpha value is -3.03. The number of Topliss-reactive ketones (excluding diaryl/α,β-unsaturated/α-hetero) is 1. The Kier molecular flexibility index (Phi) is 5.34. The number of nitrogens with one attached hydrogen (secondary N) is 3. The summed E-state index contributed by atoms with van der Waals surface area (Å²) in [6.45, 7) is 1.55. The van der Waals surface area contributed by atoms with Crippen LogP contribution >= 0.6 is 0 Å². The molecule has 1 aromatic heterocycles. The summed E-state index contributed by atoms with van der Waals surface area (Å²) >= 11 is 0. The Labute approximate surface area is 155 Å². The van der Waals surface area contributed by atoms with Crippen molar-refractivity contribution in [2.75, 3.05) is 18.9 Å². The van der Waals surface area contributed by atoms with E-state index in [1.165, 1.54) is 25.3 Å². The van der Waals surface area contributed by atoms with E-state index >= 15 is 0 Å². The summed E-state index contributed by atoms with van der Waals surface area (Å²) in [4.78, 5) is 39.9. The number of aromatic nitrogens is 1. The zero-order chi connectivity index (χ0) is 19.6. The number of ketones is 1. The lowest BCUT2D eigenvalue weighted by molar-refractivity contribution is -0.116. The molecule has 7 nitrogen and oxygen atoms in total. The fraction of sp³-hybridized carbons (Fsp3) is 0.368. The summed E-state index contributed by atoms with van der Waals surface area (Å²) in [6, 6.07) is 2.73. The first-order valence-electron chi connectivity index (χ1n) is 8.79. The van der Waals surface area contributed by atoms with E-state index in [2.05, 4.69) is 20.9 Å². The molecule has 1 fully saturated rings. The van der Waals surface area contributed by atoms with Gasteiger partial charge in [-0.1, -0.05) is 0 Å². The minimum Gasteiger partial charge on any atom is -0.387 e.